The molecule has 0 saturated heterocycles. The van der Waals surface area contributed by atoms with Crippen molar-refractivity contribution in [3.05, 3.63) is 58.1 Å². The first-order valence-corrected chi connectivity index (χ1v) is 8.22. The maximum atomic E-state index is 11.9. The molecule has 0 aliphatic heterocycles. The van der Waals surface area contributed by atoms with Crippen LogP contribution in [0, 0.1) is 0 Å². The molecule has 8 nitrogen and oxygen atoms in total. The number of carbonyl (C=O) groups excluding carboxylic acids is 3. The number of anilines is 1. The van der Waals surface area contributed by atoms with Crippen molar-refractivity contribution in [3.8, 4) is 5.75 Å². The first kappa shape index (κ1) is 20.2. The monoisotopic (exact) mass is 408 g/mol. The molecule has 0 radical (unpaired) electrons. The maximum Gasteiger partial charge on any atom is 0.329 e. The number of rotatable bonds is 6. The third-order valence-corrected chi connectivity index (χ3v) is 3.88. The molecule has 0 heterocycles. The van der Waals surface area contributed by atoms with E-state index in [9.17, 15) is 14.4 Å². The number of nitrogens with one attached hydrogen (secondary N) is 2. The van der Waals surface area contributed by atoms with Gasteiger partial charge in [0.05, 0.1) is 21.9 Å². The molecule has 0 atom stereocenters. The highest BCUT2D eigenvalue weighted by Gasteiger charge is 2.15. The van der Waals surface area contributed by atoms with Crippen molar-refractivity contribution in [2.75, 3.05) is 11.9 Å². The van der Waals surface area contributed by atoms with Gasteiger partial charge < -0.3 is 15.8 Å². The summed E-state index contributed by atoms with van der Waals surface area (Å²) < 4.78 is 5.22. The van der Waals surface area contributed by atoms with Crippen LogP contribution in [0.4, 0.5) is 5.69 Å². The molecule has 10 heteroatoms. The minimum atomic E-state index is -1.02. The SMILES string of the molecule is NC(=O)COc1ccccc1/C=N\NC(=O)C(=O)Nc1cccc(Cl)c1Cl. The molecule has 0 spiro atoms. The summed E-state index contributed by atoms with van der Waals surface area (Å²) in [5.41, 5.74) is 7.77. The van der Waals surface area contributed by atoms with Crippen molar-refractivity contribution in [1.29, 1.82) is 0 Å². The molecule has 4 N–H and O–H groups in total. The topological polar surface area (TPSA) is 123 Å². The van der Waals surface area contributed by atoms with Crippen molar-refractivity contribution < 1.29 is 19.1 Å². The van der Waals surface area contributed by atoms with E-state index in [4.69, 9.17) is 33.7 Å². The van der Waals surface area contributed by atoms with Gasteiger partial charge in [-0.05, 0) is 24.3 Å². The standard InChI is InChI=1S/C17H14Cl2N4O4/c18-11-5-3-6-12(15(11)19)22-16(25)17(26)23-21-8-10-4-1-2-7-13(10)27-9-14(20)24/h1-8H,9H2,(H2,20,24)(H,22,25)(H,23,26)/b21-8-. The molecule has 2 rings (SSSR count). The predicted molar refractivity (Wildman–Crippen MR) is 102 cm³/mol. The molecule has 0 fully saturated rings. The summed E-state index contributed by atoms with van der Waals surface area (Å²) in [6.45, 7) is -0.306. The van der Waals surface area contributed by atoms with Gasteiger partial charge in [-0.1, -0.05) is 41.4 Å². The highest BCUT2D eigenvalue weighted by atomic mass is 35.5. The zero-order valence-electron chi connectivity index (χ0n) is 13.7. The van der Waals surface area contributed by atoms with Gasteiger partial charge in [-0.2, -0.15) is 5.10 Å². The van der Waals surface area contributed by atoms with Crippen LogP contribution in [0.25, 0.3) is 0 Å². The van der Waals surface area contributed by atoms with Gasteiger partial charge in [0.15, 0.2) is 6.61 Å². The Labute approximate surface area is 164 Å². The lowest BCUT2D eigenvalue weighted by molar-refractivity contribution is -0.136. The molecular formula is C17H14Cl2N4O4. The zero-order valence-corrected chi connectivity index (χ0v) is 15.3. The molecule has 140 valence electrons. The van der Waals surface area contributed by atoms with Crippen LogP contribution in [0.15, 0.2) is 47.6 Å². The van der Waals surface area contributed by atoms with Gasteiger partial charge in [0.25, 0.3) is 5.91 Å². The number of hydrazone groups is 1. The molecular weight excluding hydrogens is 395 g/mol. The fourth-order valence-corrected chi connectivity index (χ4v) is 2.21. The fraction of sp³-hybridized carbons (Fsp3) is 0.0588. The van der Waals surface area contributed by atoms with Gasteiger partial charge in [-0.3, -0.25) is 14.4 Å². The van der Waals surface area contributed by atoms with Crippen LogP contribution < -0.4 is 21.2 Å². The first-order valence-electron chi connectivity index (χ1n) is 7.47. The van der Waals surface area contributed by atoms with Gasteiger partial charge in [0.2, 0.25) is 0 Å². The summed E-state index contributed by atoms with van der Waals surface area (Å²) in [7, 11) is 0. The van der Waals surface area contributed by atoms with E-state index < -0.39 is 17.7 Å². The Hall–Kier alpha value is -3.10. The first-order chi connectivity index (χ1) is 12.9. The van der Waals surface area contributed by atoms with E-state index in [1.807, 2.05) is 0 Å². The van der Waals surface area contributed by atoms with E-state index in [0.29, 0.717) is 11.3 Å². The van der Waals surface area contributed by atoms with Crippen molar-refractivity contribution in [3.63, 3.8) is 0 Å². The van der Waals surface area contributed by atoms with Crippen LogP contribution in [-0.4, -0.2) is 30.5 Å². The predicted octanol–water partition coefficient (Wildman–Crippen LogP) is 1.95. The summed E-state index contributed by atoms with van der Waals surface area (Å²) in [4.78, 5) is 34.5. The third kappa shape index (κ3) is 5.98. The van der Waals surface area contributed by atoms with Gasteiger partial charge in [0.1, 0.15) is 5.75 Å². The number of amides is 3. The molecule has 0 saturated carbocycles. The third-order valence-electron chi connectivity index (χ3n) is 3.06. The van der Waals surface area contributed by atoms with Gasteiger partial charge in [0, 0.05) is 5.56 Å². The second kappa shape index (κ2) is 9.56. The van der Waals surface area contributed by atoms with E-state index in [0.717, 1.165) is 0 Å². The van der Waals surface area contributed by atoms with Gasteiger partial charge >= 0.3 is 11.8 Å². The van der Waals surface area contributed by atoms with Crippen molar-refractivity contribution in [2.24, 2.45) is 10.8 Å². The number of para-hydroxylation sites is 1. The molecule has 2 aromatic carbocycles. The summed E-state index contributed by atoms with van der Waals surface area (Å²) in [6, 6.07) is 11.2. The highest BCUT2D eigenvalue weighted by molar-refractivity contribution is 6.45. The number of nitrogens with zero attached hydrogens (tertiary/aromatic N) is 1. The van der Waals surface area contributed by atoms with Gasteiger partial charge in [-0.15, -0.1) is 0 Å². The molecule has 27 heavy (non-hydrogen) atoms. The van der Waals surface area contributed by atoms with Crippen LogP contribution in [0.1, 0.15) is 5.56 Å². The number of hydrogen-bond acceptors (Lipinski definition) is 5. The number of benzene rings is 2. The molecule has 0 unspecified atom stereocenters. The molecule has 3 amide bonds. The Kier molecular flexibility index (Phi) is 7.16. The van der Waals surface area contributed by atoms with Crippen LogP contribution in [0.5, 0.6) is 5.75 Å². The Morgan fingerprint density at radius 3 is 2.56 bits per heavy atom. The normalized spacial score (nSPS) is 10.4. The number of halogens is 2. The van der Waals surface area contributed by atoms with E-state index in [1.165, 1.54) is 12.3 Å². The van der Waals surface area contributed by atoms with Crippen LogP contribution >= 0.6 is 23.2 Å². The highest BCUT2D eigenvalue weighted by Crippen LogP contribution is 2.29. The van der Waals surface area contributed by atoms with E-state index in [2.05, 4.69) is 15.8 Å². The lowest BCUT2D eigenvalue weighted by Crippen LogP contribution is -2.32. The number of hydrogen-bond donors (Lipinski definition) is 3. The molecule has 2 aromatic rings. The molecule has 0 aromatic heterocycles. The lowest BCUT2D eigenvalue weighted by atomic mass is 10.2. The lowest BCUT2D eigenvalue weighted by Gasteiger charge is -2.07. The molecule has 0 aliphatic carbocycles. The minimum Gasteiger partial charge on any atom is -0.483 e. The minimum absolute atomic E-state index is 0.115. The Morgan fingerprint density at radius 2 is 1.81 bits per heavy atom. The second-order valence-corrected chi connectivity index (χ2v) is 5.83. The number of ether oxygens (including phenoxy) is 1. The zero-order chi connectivity index (χ0) is 19.8. The smallest absolute Gasteiger partial charge is 0.329 e. The van der Waals surface area contributed by atoms with Crippen LogP contribution in [0.2, 0.25) is 10.0 Å². The Morgan fingerprint density at radius 1 is 1.07 bits per heavy atom. The summed E-state index contributed by atoms with van der Waals surface area (Å²) >= 11 is 11.8. The van der Waals surface area contributed by atoms with E-state index in [-0.39, 0.29) is 22.3 Å². The average molecular weight is 409 g/mol. The molecule has 0 aliphatic rings. The Bertz CT molecular complexity index is 902. The average Bonchev–Trinajstić information content (AvgIpc) is 2.64. The van der Waals surface area contributed by atoms with Crippen molar-refractivity contribution in [2.45, 2.75) is 0 Å². The van der Waals surface area contributed by atoms with E-state index in [1.54, 1.807) is 36.4 Å². The Balaban J connectivity index is 1.97. The van der Waals surface area contributed by atoms with Crippen molar-refractivity contribution in [1.82, 2.24) is 5.43 Å². The quantitative estimate of drug-likeness (QED) is 0.383. The number of nitrogens with two attached hydrogens (primary N) is 1. The largest absolute Gasteiger partial charge is 0.483 e. The maximum absolute atomic E-state index is 11.9. The van der Waals surface area contributed by atoms with Gasteiger partial charge in [-0.25, -0.2) is 5.43 Å². The van der Waals surface area contributed by atoms with Crippen molar-refractivity contribution >= 4 is 52.8 Å². The summed E-state index contributed by atoms with van der Waals surface area (Å²) in [6.07, 6.45) is 1.26. The van der Waals surface area contributed by atoms with Crippen LogP contribution in [0.3, 0.4) is 0 Å². The number of primary amides is 1. The summed E-state index contributed by atoms with van der Waals surface area (Å²) in [5.74, 6) is -2.29. The second-order valence-electron chi connectivity index (χ2n) is 5.05. The summed E-state index contributed by atoms with van der Waals surface area (Å²) in [5, 5.41) is 6.37. The van der Waals surface area contributed by atoms with E-state index >= 15 is 0 Å². The molecule has 0 bridgehead atoms. The van der Waals surface area contributed by atoms with Crippen LogP contribution in [-0.2, 0) is 14.4 Å². The number of carbonyl (C=O) groups is 3. The fourth-order valence-electron chi connectivity index (χ4n) is 1.86.